The zero-order valence-corrected chi connectivity index (χ0v) is 14.9. The van der Waals surface area contributed by atoms with Gasteiger partial charge in [-0.05, 0) is 12.1 Å². The van der Waals surface area contributed by atoms with Gasteiger partial charge in [-0.25, -0.2) is 4.79 Å². The minimum atomic E-state index is -1.78. The summed E-state index contributed by atoms with van der Waals surface area (Å²) < 4.78 is 36.9. The van der Waals surface area contributed by atoms with Crippen molar-refractivity contribution in [3.05, 3.63) is 67.2 Å². The molecule has 11 nitrogen and oxygen atoms in total. The molecule has 1 unspecified atom stereocenters. The van der Waals surface area contributed by atoms with E-state index in [0.29, 0.717) is 5.75 Å². The predicted octanol–water partition coefficient (Wildman–Crippen LogP) is 1.59. The predicted molar refractivity (Wildman–Crippen MR) is 91.3 cm³/mol. The number of nitrogens with zero attached hydrogens (tertiary/aromatic N) is 2. The molecule has 28 heavy (non-hydrogen) atoms. The molecule has 0 radical (unpaired) electrons. The van der Waals surface area contributed by atoms with Gasteiger partial charge in [-0.15, -0.1) is 0 Å². The Kier molecular flexibility index (Phi) is 4.94. The van der Waals surface area contributed by atoms with Crippen molar-refractivity contribution in [1.82, 2.24) is 9.55 Å². The minimum absolute atomic E-state index is 0.0729. The second-order valence-electron chi connectivity index (χ2n) is 6.01. The zero-order valence-electron chi connectivity index (χ0n) is 14.0. The van der Waals surface area contributed by atoms with E-state index in [2.05, 4.69) is 0 Å². The fourth-order valence-electron chi connectivity index (χ4n) is 2.84. The van der Waals surface area contributed by atoms with E-state index in [1.54, 1.807) is 0 Å². The number of ether oxygens (including phenoxy) is 1. The summed E-state index contributed by atoms with van der Waals surface area (Å²) in [7, 11) is -1.78. The molecule has 1 aromatic carbocycles. The Hall–Kier alpha value is -2.66. The lowest BCUT2D eigenvalue weighted by Crippen LogP contribution is -2.34. The summed E-state index contributed by atoms with van der Waals surface area (Å²) in [5, 5.41) is 10.7. The van der Waals surface area contributed by atoms with Gasteiger partial charge < -0.3 is 9.26 Å². The number of hydrogen-bond donors (Lipinski definition) is 1. The lowest BCUT2D eigenvalue weighted by Gasteiger charge is -2.29. The Morgan fingerprint density at radius 1 is 1.29 bits per heavy atom. The van der Waals surface area contributed by atoms with Gasteiger partial charge in [0.15, 0.2) is 0 Å². The Morgan fingerprint density at radius 2 is 2.04 bits per heavy atom. The lowest BCUT2D eigenvalue weighted by atomic mass is 10.2. The van der Waals surface area contributed by atoms with Gasteiger partial charge in [0.05, 0.1) is 17.7 Å². The first-order valence-corrected chi connectivity index (χ1v) is 9.19. The monoisotopic (exact) mass is 413 g/mol. The first-order chi connectivity index (χ1) is 13.4. The van der Waals surface area contributed by atoms with Gasteiger partial charge in [-0.2, -0.15) is 4.39 Å². The van der Waals surface area contributed by atoms with E-state index in [4.69, 9.17) is 18.3 Å². The topological polar surface area (TPSA) is 135 Å². The molecule has 3 heterocycles. The number of rotatable bonds is 4. The maximum absolute atomic E-state index is 13.5. The summed E-state index contributed by atoms with van der Waals surface area (Å²) in [6, 6.07) is 5.44. The van der Waals surface area contributed by atoms with Crippen molar-refractivity contribution in [2.45, 2.75) is 24.9 Å². The standard InChI is InChI=1S/C15H13FN3O8P/c16-10-6-18(15(21)17-14(10)20)13-5-11-12(25-13)7-24-28(27-11)26-9-3-1-8(2-4-9)19(22)23/h1-4,6,11-13H,5,7H2,(H,17,20,21)/t11-,12+,13+,28?/m0/s1. The molecule has 1 N–H and O–H groups in total. The average Bonchev–Trinajstić information content (AvgIpc) is 3.08. The summed E-state index contributed by atoms with van der Waals surface area (Å²) in [4.78, 5) is 35.1. The number of aromatic amines is 1. The average molecular weight is 413 g/mol. The lowest BCUT2D eigenvalue weighted by molar-refractivity contribution is -0.384. The Bertz CT molecular complexity index is 1010. The quantitative estimate of drug-likeness (QED) is 0.454. The molecule has 1 aromatic heterocycles. The molecule has 0 bridgehead atoms. The number of fused-ring (bicyclic) bond motifs is 1. The number of benzene rings is 1. The fraction of sp³-hybridized carbons (Fsp3) is 0.333. The summed E-state index contributed by atoms with van der Waals surface area (Å²) in [5.41, 5.74) is -1.96. The van der Waals surface area contributed by atoms with Crippen LogP contribution in [0.1, 0.15) is 12.6 Å². The van der Waals surface area contributed by atoms with Crippen molar-refractivity contribution in [1.29, 1.82) is 0 Å². The van der Waals surface area contributed by atoms with Crippen molar-refractivity contribution in [2.75, 3.05) is 6.61 Å². The molecule has 148 valence electrons. The van der Waals surface area contributed by atoms with Crippen LogP contribution in [0.5, 0.6) is 5.75 Å². The largest absolute Gasteiger partial charge is 0.427 e. The van der Waals surface area contributed by atoms with Gasteiger partial charge in [-0.3, -0.25) is 33.5 Å². The van der Waals surface area contributed by atoms with Gasteiger partial charge in [0.25, 0.3) is 11.2 Å². The molecule has 2 saturated heterocycles. The van der Waals surface area contributed by atoms with Gasteiger partial charge >= 0.3 is 14.3 Å². The SMILES string of the molecule is O=c1[nH]c(=O)n([C@H]2C[C@@H]3OP(Oc4ccc([N+](=O)[O-])cc4)OC[C@H]3O2)cc1F. The number of halogens is 1. The van der Waals surface area contributed by atoms with Crippen LogP contribution in [0.15, 0.2) is 40.1 Å². The molecule has 0 saturated carbocycles. The maximum atomic E-state index is 13.5. The van der Waals surface area contributed by atoms with Crippen molar-refractivity contribution >= 4 is 14.3 Å². The Labute approximate surface area is 156 Å². The number of hydrogen-bond acceptors (Lipinski definition) is 8. The van der Waals surface area contributed by atoms with Crippen LogP contribution >= 0.6 is 8.60 Å². The van der Waals surface area contributed by atoms with E-state index in [0.717, 1.165) is 10.8 Å². The highest BCUT2D eigenvalue weighted by Gasteiger charge is 2.44. The van der Waals surface area contributed by atoms with Gasteiger partial charge in [0.1, 0.15) is 24.2 Å². The third-order valence-electron chi connectivity index (χ3n) is 4.21. The van der Waals surface area contributed by atoms with Crippen molar-refractivity contribution in [2.24, 2.45) is 0 Å². The Morgan fingerprint density at radius 3 is 2.75 bits per heavy atom. The fourth-order valence-corrected chi connectivity index (χ4v) is 4.01. The van der Waals surface area contributed by atoms with E-state index in [1.807, 2.05) is 4.98 Å². The van der Waals surface area contributed by atoms with Crippen molar-refractivity contribution in [3.8, 4) is 5.75 Å². The molecule has 2 aliphatic rings. The third-order valence-corrected chi connectivity index (χ3v) is 5.37. The normalized spacial score (nSPS) is 26.6. The van der Waals surface area contributed by atoms with Crippen LogP contribution in [0.4, 0.5) is 10.1 Å². The minimum Gasteiger partial charge on any atom is -0.427 e. The number of nitro groups is 1. The molecule has 4 rings (SSSR count). The first-order valence-electron chi connectivity index (χ1n) is 8.09. The highest BCUT2D eigenvalue weighted by molar-refractivity contribution is 7.42. The molecule has 2 aromatic rings. The van der Waals surface area contributed by atoms with E-state index >= 15 is 0 Å². The van der Waals surface area contributed by atoms with Crippen LogP contribution in [0.3, 0.4) is 0 Å². The van der Waals surface area contributed by atoms with Gasteiger partial charge in [-0.1, -0.05) is 0 Å². The van der Waals surface area contributed by atoms with Crippen LogP contribution in [0.25, 0.3) is 0 Å². The molecule has 2 aliphatic heterocycles. The molecule has 0 spiro atoms. The third kappa shape index (κ3) is 3.67. The molecule has 2 fully saturated rings. The molecular weight excluding hydrogens is 400 g/mol. The second kappa shape index (κ2) is 7.40. The van der Waals surface area contributed by atoms with E-state index in [1.165, 1.54) is 24.3 Å². The van der Waals surface area contributed by atoms with Crippen LogP contribution < -0.4 is 15.8 Å². The van der Waals surface area contributed by atoms with Crippen LogP contribution in [0, 0.1) is 15.9 Å². The van der Waals surface area contributed by atoms with Crippen LogP contribution in [0.2, 0.25) is 0 Å². The summed E-state index contributed by atoms with van der Waals surface area (Å²) in [6.07, 6.45) is -0.773. The number of non-ortho nitro benzene ring substituents is 1. The van der Waals surface area contributed by atoms with Crippen molar-refractivity contribution in [3.63, 3.8) is 0 Å². The highest BCUT2D eigenvalue weighted by Crippen LogP contribution is 2.49. The van der Waals surface area contributed by atoms with Gasteiger partial charge in [0, 0.05) is 18.6 Å². The van der Waals surface area contributed by atoms with E-state index in [-0.39, 0.29) is 18.7 Å². The molecule has 0 aliphatic carbocycles. The summed E-state index contributed by atoms with van der Waals surface area (Å²) in [5.74, 6) is -0.761. The zero-order chi connectivity index (χ0) is 19.8. The van der Waals surface area contributed by atoms with Crippen molar-refractivity contribution < 1.29 is 27.6 Å². The number of aromatic nitrogens is 2. The van der Waals surface area contributed by atoms with Gasteiger partial charge in [0.2, 0.25) is 5.82 Å². The summed E-state index contributed by atoms with van der Waals surface area (Å²) in [6.45, 7) is 0.125. The summed E-state index contributed by atoms with van der Waals surface area (Å²) >= 11 is 0. The molecule has 0 amide bonds. The second-order valence-corrected chi connectivity index (χ2v) is 7.11. The first kappa shape index (κ1) is 18.7. The highest BCUT2D eigenvalue weighted by atomic mass is 31.2. The van der Waals surface area contributed by atoms with Crippen LogP contribution in [-0.4, -0.2) is 33.3 Å². The van der Waals surface area contributed by atoms with E-state index < -0.39 is 49.0 Å². The molecular formula is C15H13FN3O8P. The number of H-pyrrole nitrogens is 1. The maximum Gasteiger partial charge on any atom is 0.397 e. The molecule has 4 atom stereocenters. The Balaban J connectivity index is 1.42. The number of nitrogens with one attached hydrogen (secondary N) is 1. The number of nitro benzene ring substituents is 1. The van der Waals surface area contributed by atoms with E-state index in [9.17, 15) is 24.1 Å². The smallest absolute Gasteiger partial charge is 0.397 e. The van der Waals surface area contributed by atoms with Crippen LogP contribution in [-0.2, 0) is 13.8 Å². The molecule has 13 heteroatoms.